The molecule has 0 saturated heterocycles. The van der Waals surface area contributed by atoms with Crippen LogP contribution in [-0.4, -0.2) is 50.4 Å². The summed E-state index contributed by atoms with van der Waals surface area (Å²) in [5.74, 6) is -0.698. The fourth-order valence-electron chi connectivity index (χ4n) is 2.70. The molecule has 0 spiro atoms. The molecule has 0 bridgehead atoms. The average Bonchev–Trinajstić information content (AvgIpc) is 2.72. The molecule has 10 nitrogen and oxygen atoms in total. The molecule has 0 aliphatic heterocycles. The number of pyridine rings is 1. The van der Waals surface area contributed by atoms with Crippen LogP contribution >= 0.6 is 0 Å². The van der Waals surface area contributed by atoms with Crippen molar-refractivity contribution in [2.75, 3.05) is 7.11 Å². The summed E-state index contributed by atoms with van der Waals surface area (Å²) in [5.41, 5.74) is 0.111. The van der Waals surface area contributed by atoms with Gasteiger partial charge in [-0.25, -0.2) is 14.3 Å². The summed E-state index contributed by atoms with van der Waals surface area (Å²) >= 11 is 0. The topological polar surface area (TPSA) is 152 Å². The second kappa shape index (κ2) is 10.3. The number of primary sulfonamides is 1. The summed E-state index contributed by atoms with van der Waals surface area (Å²) in [6.45, 7) is 5.07. The second-order valence-electron chi connectivity index (χ2n) is 7.85. The van der Waals surface area contributed by atoms with Gasteiger partial charge in [0.15, 0.2) is 5.69 Å². The molecule has 1 amide bonds. The van der Waals surface area contributed by atoms with Crippen LogP contribution in [0.3, 0.4) is 0 Å². The Morgan fingerprint density at radius 3 is 2.47 bits per heavy atom. The molecule has 11 heteroatoms. The molecule has 0 aliphatic rings. The largest absolute Gasteiger partial charge is 0.467 e. The molecule has 4 N–H and O–H groups in total. The summed E-state index contributed by atoms with van der Waals surface area (Å²) in [7, 11) is -2.56. The highest BCUT2D eigenvalue weighted by Crippen LogP contribution is 2.13. The Bertz CT molecular complexity index is 1080. The van der Waals surface area contributed by atoms with E-state index < -0.39 is 33.7 Å². The van der Waals surface area contributed by atoms with E-state index in [4.69, 9.17) is 14.9 Å². The van der Waals surface area contributed by atoms with Crippen molar-refractivity contribution >= 4 is 34.0 Å². The summed E-state index contributed by atoms with van der Waals surface area (Å²) in [4.78, 5) is 28.5. The first-order valence-corrected chi connectivity index (χ1v) is 11.2. The lowest BCUT2D eigenvalue weighted by atomic mass is 10.1. The Kier molecular flexibility index (Phi) is 8.06. The number of nitrogens with zero attached hydrogens (tertiary/aromatic N) is 1. The van der Waals surface area contributed by atoms with E-state index in [1.165, 1.54) is 31.5 Å². The van der Waals surface area contributed by atoms with Crippen molar-refractivity contribution in [1.82, 2.24) is 10.3 Å². The van der Waals surface area contributed by atoms with E-state index >= 15 is 0 Å². The fourth-order valence-corrected chi connectivity index (χ4v) is 3.91. The van der Waals surface area contributed by atoms with E-state index in [0.29, 0.717) is 5.69 Å². The maximum absolute atomic E-state index is 12.6. The van der Waals surface area contributed by atoms with Crippen LogP contribution in [0.1, 0.15) is 32.0 Å². The van der Waals surface area contributed by atoms with Crippen molar-refractivity contribution < 1.29 is 32.2 Å². The van der Waals surface area contributed by atoms with Crippen molar-refractivity contribution in [2.24, 2.45) is 0 Å². The molecule has 1 atom stereocenters. The molecular weight excluding hydrogens is 436 g/mol. The first-order chi connectivity index (χ1) is 14.9. The number of sulfonamides is 1. The van der Waals surface area contributed by atoms with E-state index in [1.807, 2.05) is 0 Å². The molecule has 1 aromatic heterocycles. The Morgan fingerprint density at radius 2 is 1.91 bits per heavy atom. The summed E-state index contributed by atoms with van der Waals surface area (Å²) < 4.78 is 36.2. The van der Waals surface area contributed by atoms with Crippen molar-refractivity contribution in [3.8, 4) is 0 Å². The summed E-state index contributed by atoms with van der Waals surface area (Å²) in [6, 6.07) is 8.29. The lowest BCUT2D eigenvalue weighted by molar-refractivity contribution is -0.397. The van der Waals surface area contributed by atoms with Crippen LogP contribution in [-0.2, 0) is 30.7 Å². The van der Waals surface area contributed by atoms with Crippen LogP contribution in [0.25, 0.3) is 0 Å². The maximum atomic E-state index is 12.6. The lowest BCUT2D eigenvalue weighted by Gasteiger charge is -2.22. The first kappa shape index (κ1) is 25.0. The molecule has 0 aliphatic carbocycles. The molecule has 0 saturated carbocycles. The fraction of sp³-hybridized carbons (Fsp3) is 0.333. The molecule has 0 radical (unpaired) electrons. The minimum Gasteiger partial charge on any atom is -0.467 e. The minimum absolute atomic E-state index is 0.0432. The zero-order chi connectivity index (χ0) is 23.9. The van der Waals surface area contributed by atoms with Gasteiger partial charge in [-0.2, -0.15) is 8.42 Å². The highest BCUT2D eigenvalue weighted by molar-refractivity contribution is 7.85. The average molecular weight is 464 g/mol. The molecule has 0 fully saturated rings. The van der Waals surface area contributed by atoms with Gasteiger partial charge in [0.1, 0.15) is 16.5 Å². The quantitative estimate of drug-likeness (QED) is 0.394. The van der Waals surface area contributed by atoms with Crippen molar-refractivity contribution in [3.05, 3.63) is 53.9 Å². The summed E-state index contributed by atoms with van der Waals surface area (Å²) in [5, 5.41) is 10.1. The van der Waals surface area contributed by atoms with E-state index in [1.54, 1.807) is 39.0 Å². The third kappa shape index (κ3) is 7.13. The number of methoxy groups -OCH3 is 1. The van der Waals surface area contributed by atoms with Gasteiger partial charge in [-0.1, -0.05) is 18.2 Å². The lowest BCUT2D eigenvalue weighted by Crippen LogP contribution is -2.81. The van der Waals surface area contributed by atoms with Crippen LogP contribution in [0, 0.1) is 5.41 Å². The number of aromatic nitrogens is 1. The molecule has 1 aromatic carbocycles. The van der Waals surface area contributed by atoms with Gasteiger partial charge in [0, 0.05) is 18.3 Å². The highest BCUT2D eigenvalue weighted by Gasteiger charge is 2.27. The van der Waals surface area contributed by atoms with E-state index in [-0.39, 0.29) is 22.6 Å². The molecule has 1 heterocycles. The molecule has 2 aromatic rings. The number of esters is 1. The number of ether oxygens (including phenoxy) is 2. The normalized spacial score (nSPS) is 12.5. The zero-order valence-corrected chi connectivity index (χ0v) is 19.1. The number of carbonyl (C=O) groups is 2. The van der Waals surface area contributed by atoms with E-state index in [0.717, 1.165) is 10.9 Å². The summed E-state index contributed by atoms with van der Waals surface area (Å²) in [6.07, 6.45) is 1.46. The monoisotopic (exact) mass is 463 g/mol. The SMILES string of the molecule is COC(=O)C(Cc1cc(C=N)c([NH2+]S(=O)(=O)c2ccccc2)cn1)NC(=O)OC(C)(C)C. The number of alkyl carbamates (subject to hydrolysis) is 1. The molecule has 32 heavy (non-hydrogen) atoms. The van der Waals surface area contributed by atoms with E-state index in [9.17, 15) is 18.0 Å². The predicted octanol–water partition coefficient (Wildman–Crippen LogP) is 1.27. The van der Waals surface area contributed by atoms with Crippen LogP contribution in [0.4, 0.5) is 10.5 Å². The number of carbonyl (C=O) groups excluding carboxylic acids is 2. The Morgan fingerprint density at radius 1 is 1.25 bits per heavy atom. The van der Waals surface area contributed by atoms with Gasteiger partial charge in [-0.05, 0) is 39.0 Å². The van der Waals surface area contributed by atoms with Crippen LogP contribution in [0.5, 0.6) is 0 Å². The third-order valence-electron chi connectivity index (χ3n) is 4.12. The van der Waals surface area contributed by atoms with Crippen LogP contribution in [0.2, 0.25) is 0 Å². The molecular formula is C21H27N4O6S+. The van der Waals surface area contributed by atoms with Crippen molar-refractivity contribution in [1.29, 1.82) is 5.41 Å². The standard InChI is InChI=1S/C21H26N4O6S/c1-21(2,3)31-20(27)24-17(19(26)30-4)11-15-10-14(12-22)18(13-23-15)25-32(28,29)16-8-6-5-7-9-16/h5-10,12-13,17,22,25H,11H2,1-4H3,(H,24,27)/p+1. The number of nitrogens with two attached hydrogens (primary N) is 1. The first-order valence-electron chi connectivity index (χ1n) is 9.67. The smallest absolute Gasteiger partial charge is 0.408 e. The number of quaternary nitrogens is 1. The van der Waals surface area contributed by atoms with Crippen molar-refractivity contribution in [3.63, 3.8) is 0 Å². The second-order valence-corrected chi connectivity index (χ2v) is 9.65. The van der Waals surface area contributed by atoms with Gasteiger partial charge >= 0.3 is 22.1 Å². The Labute approximate surface area is 186 Å². The Hall–Kier alpha value is -3.31. The van der Waals surface area contributed by atoms with Gasteiger partial charge in [0.25, 0.3) is 0 Å². The number of amides is 1. The zero-order valence-electron chi connectivity index (χ0n) is 18.3. The van der Waals surface area contributed by atoms with Gasteiger partial charge in [0.2, 0.25) is 0 Å². The van der Waals surface area contributed by atoms with Gasteiger partial charge in [0.05, 0.1) is 18.9 Å². The third-order valence-corrected chi connectivity index (χ3v) is 5.62. The minimum atomic E-state index is -3.75. The van der Waals surface area contributed by atoms with Gasteiger partial charge in [-0.3, -0.25) is 4.98 Å². The Balaban J connectivity index is 2.23. The number of hydrogen-bond donors (Lipinski definition) is 3. The number of hydrogen-bond acceptors (Lipinski definition) is 8. The predicted molar refractivity (Wildman–Crippen MR) is 116 cm³/mol. The maximum Gasteiger partial charge on any atom is 0.408 e. The number of rotatable bonds is 8. The van der Waals surface area contributed by atoms with Gasteiger partial charge in [-0.15, -0.1) is 0 Å². The molecule has 1 unspecified atom stereocenters. The number of nitrogens with one attached hydrogen (secondary N) is 2. The molecule has 2 rings (SSSR count). The van der Waals surface area contributed by atoms with Crippen LogP contribution in [0.15, 0.2) is 47.5 Å². The number of benzene rings is 1. The van der Waals surface area contributed by atoms with Gasteiger partial charge < -0.3 is 20.2 Å². The van der Waals surface area contributed by atoms with Crippen molar-refractivity contribution in [2.45, 2.75) is 43.7 Å². The highest BCUT2D eigenvalue weighted by atomic mass is 32.2. The van der Waals surface area contributed by atoms with E-state index in [2.05, 4.69) is 10.3 Å². The van der Waals surface area contributed by atoms with Crippen LogP contribution < -0.4 is 10.0 Å². The molecule has 172 valence electrons.